The fourth-order valence-corrected chi connectivity index (χ4v) is 1.23. The lowest BCUT2D eigenvalue weighted by Gasteiger charge is -2.09. The van der Waals surface area contributed by atoms with Gasteiger partial charge in [-0.25, -0.2) is 4.39 Å². The topological polar surface area (TPSA) is 106 Å². The molecular weight excluding hydrogens is 219 g/mol. The van der Waals surface area contributed by atoms with Crippen LogP contribution in [0, 0.1) is 15.9 Å². The first kappa shape index (κ1) is 12.1. The summed E-state index contributed by atoms with van der Waals surface area (Å²) in [7, 11) is 0. The molecule has 3 N–H and O–H groups in total. The minimum Gasteiger partial charge on any atom is -0.481 e. The van der Waals surface area contributed by atoms with Gasteiger partial charge in [0.25, 0.3) is 5.69 Å². The Morgan fingerprint density at radius 2 is 2.25 bits per heavy atom. The van der Waals surface area contributed by atoms with Crippen molar-refractivity contribution < 1.29 is 19.2 Å². The number of aliphatic carboxylic acids is 1. The summed E-state index contributed by atoms with van der Waals surface area (Å²) in [5.74, 6) is -2.03. The van der Waals surface area contributed by atoms with Crippen LogP contribution in [-0.4, -0.2) is 16.0 Å². The molecule has 0 radical (unpaired) electrons. The number of non-ortho nitro benzene ring substituents is 1. The maximum absolute atomic E-state index is 13.3. The summed E-state index contributed by atoms with van der Waals surface area (Å²) in [4.78, 5) is 19.9. The van der Waals surface area contributed by atoms with Crippen LogP contribution in [0.2, 0.25) is 0 Å². The number of carbonyl (C=O) groups is 1. The Morgan fingerprint density at radius 1 is 1.62 bits per heavy atom. The van der Waals surface area contributed by atoms with Crippen molar-refractivity contribution in [3.05, 3.63) is 39.7 Å². The van der Waals surface area contributed by atoms with E-state index in [4.69, 9.17) is 10.8 Å². The van der Waals surface area contributed by atoms with Crippen molar-refractivity contribution in [1.29, 1.82) is 0 Å². The van der Waals surface area contributed by atoms with Crippen molar-refractivity contribution >= 4 is 11.7 Å². The Kier molecular flexibility index (Phi) is 3.51. The molecule has 1 rings (SSSR count). The molecule has 0 fully saturated rings. The molecule has 0 aliphatic heterocycles. The van der Waals surface area contributed by atoms with Gasteiger partial charge in [-0.3, -0.25) is 14.9 Å². The number of hydrogen-bond acceptors (Lipinski definition) is 4. The van der Waals surface area contributed by atoms with E-state index in [9.17, 15) is 19.3 Å². The van der Waals surface area contributed by atoms with Crippen molar-refractivity contribution in [1.82, 2.24) is 0 Å². The highest BCUT2D eigenvalue weighted by molar-refractivity contribution is 5.67. The molecule has 0 saturated heterocycles. The van der Waals surface area contributed by atoms with E-state index in [1.807, 2.05) is 0 Å². The fraction of sp³-hybridized carbons (Fsp3) is 0.222. The zero-order chi connectivity index (χ0) is 12.3. The lowest BCUT2D eigenvalue weighted by atomic mass is 10.0. The van der Waals surface area contributed by atoms with Gasteiger partial charge < -0.3 is 10.8 Å². The Labute approximate surface area is 89.6 Å². The molecule has 1 atom stereocenters. The van der Waals surface area contributed by atoms with Crippen LogP contribution >= 0.6 is 0 Å². The first-order valence-electron chi connectivity index (χ1n) is 4.33. The number of nitrogens with two attached hydrogens (primary N) is 1. The summed E-state index contributed by atoms with van der Waals surface area (Å²) in [5.41, 5.74) is 4.98. The number of nitro benzene ring substituents is 1. The smallest absolute Gasteiger partial charge is 0.305 e. The van der Waals surface area contributed by atoms with Crippen molar-refractivity contribution in [2.45, 2.75) is 12.5 Å². The third kappa shape index (κ3) is 2.74. The highest BCUT2D eigenvalue weighted by atomic mass is 19.1. The quantitative estimate of drug-likeness (QED) is 0.595. The highest BCUT2D eigenvalue weighted by Gasteiger charge is 2.17. The second-order valence-corrected chi connectivity index (χ2v) is 3.17. The number of hydrogen-bond donors (Lipinski definition) is 2. The normalized spacial score (nSPS) is 12.1. The van der Waals surface area contributed by atoms with Gasteiger partial charge in [0.15, 0.2) is 0 Å². The number of carboxylic acids is 1. The summed E-state index contributed by atoms with van der Waals surface area (Å²) < 4.78 is 13.3. The van der Waals surface area contributed by atoms with E-state index in [1.54, 1.807) is 0 Å². The molecule has 0 heterocycles. The molecule has 0 bridgehead atoms. The van der Waals surface area contributed by atoms with Gasteiger partial charge in [0.2, 0.25) is 0 Å². The number of rotatable bonds is 4. The van der Waals surface area contributed by atoms with Crippen LogP contribution in [0.15, 0.2) is 18.2 Å². The van der Waals surface area contributed by atoms with Crippen LogP contribution in [0.5, 0.6) is 0 Å². The van der Waals surface area contributed by atoms with Gasteiger partial charge in [0.05, 0.1) is 17.4 Å². The maximum atomic E-state index is 13.3. The summed E-state index contributed by atoms with van der Waals surface area (Å²) in [6, 6.07) is 1.91. The number of benzene rings is 1. The van der Waals surface area contributed by atoms with Crippen molar-refractivity contribution in [2.24, 2.45) is 5.73 Å². The molecule has 6 nitrogen and oxygen atoms in total. The molecule has 0 aliphatic carbocycles. The van der Waals surface area contributed by atoms with E-state index in [0.29, 0.717) is 0 Å². The Hall–Kier alpha value is -2.02. The van der Waals surface area contributed by atoms with E-state index < -0.39 is 34.9 Å². The summed E-state index contributed by atoms with van der Waals surface area (Å²) in [5, 5.41) is 18.8. The second kappa shape index (κ2) is 4.67. The van der Waals surface area contributed by atoms with Crippen LogP contribution in [0.1, 0.15) is 18.0 Å². The van der Waals surface area contributed by atoms with E-state index in [-0.39, 0.29) is 5.56 Å². The molecule has 1 aromatic carbocycles. The lowest BCUT2D eigenvalue weighted by molar-refractivity contribution is -0.385. The molecule has 86 valence electrons. The molecule has 1 unspecified atom stereocenters. The third-order valence-corrected chi connectivity index (χ3v) is 1.99. The van der Waals surface area contributed by atoms with Gasteiger partial charge in [-0.05, 0) is 6.07 Å². The number of nitro groups is 1. The molecule has 0 spiro atoms. The predicted octanol–water partition coefficient (Wildman–Crippen LogP) is 1.21. The first-order valence-corrected chi connectivity index (χ1v) is 4.33. The van der Waals surface area contributed by atoms with Gasteiger partial charge in [-0.1, -0.05) is 0 Å². The molecule has 7 heteroatoms. The molecule has 0 aliphatic rings. The lowest BCUT2D eigenvalue weighted by Crippen LogP contribution is -2.16. The van der Waals surface area contributed by atoms with Gasteiger partial charge in [0, 0.05) is 17.7 Å². The number of nitrogens with zero attached hydrogens (tertiary/aromatic N) is 1. The monoisotopic (exact) mass is 228 g/mol. The van der Waals surface area contributed by atoms with E-state index in [1.165, 1.54) is 0 Å². The largest absolute Gasteiger partial charge is 0.481 e. The third-order valence-electron chi connectivity index (χ3n) is 1.99. The van der Waals surface area contributed by atoms with Crippen LogP contribution in [0.3, 0.4) is 0 Å². The second-order valence-electron chi connectivity index (χ2n) is 3.17. The SMILES string of the molecule is NC(CC(=O)O)c1ccc([N+](=O)[O-])cc1F. The van der Waals surface area contributed by atoms with Crippen LogP contribution < -0.4 is 5.73 Å². The molecule has 16 heavy (non-hydrogen) atoms. The Balaban J connectivity index is 2.98. The first-order chi connectivity index (χ1) is 7.41. The molecule has 0 amide bonds. The fourth-order valence-electron chi connectivity index (χ4n) is 1.23. The van der Waals surface area contributed by atoms with Gasteiger partial charge >= 0.3 is 5.97 Å². The van der Waals surface area contributed by atoms with Gasteiger partial charge in [0.1, 0.15) is 5.82 Å². The van der Waals surface area contributed by atoms with Crippen LogP contribution in [0.4, 0.5) is 10.1 Å². The van der Waals surface area contributed by atoms with Gasteiger partial charge in [-0.15, -0.1) is 0 Å². The number of carboxylic acid groups (broad SMARTS) is 1. The highest BCUT2D eigenvalue weighted by Crippen LogP contribution is 2.22. The average molecular weight is 228 g/mol. The molecule has 1 aromatic rings. The summed E-state index contributed by atoms with van der Waals surface area (Å²) >= 11 is 0. The standard InChI is InChI=1S/C9H9FN2O4/c10-7-3-5(12(15)16)1-2-6(7)8(11)4-9(13)14/h1-3,8H,4,11H2,(H,13,14). The zero-order valence-corrected chi connectivity index (χ0v) is 8.09. The van der Waals surface area contributed by atoms with Crippen molar-refractivity contribution in [3.63, 3.8) is 0 Å². The Bertz CT molecular complexity index is 436. The minimum absolute atomic E-state index is 0.0481. The van der Waals surface area contributed by atoms with Crippen molar-refractivity contribution in [3.8, 4) is 0 Å². The molecule has 0 aromatic heterocycles. The van der Waals surface area contributed by atoms with E-state index in [0.717, 1.165) is 18.2 Å². The maximum Gasteiger partial charge on any atom is 0.305 e. The van der Waals surface area contributed by atoms with Crippen molar-refractivity contribution in [2.75, 3.05) is 0 Å². The summed E-state index contributed by atoms with van der Waals surface area (Å²) in [6.45, 7) is 0. The molecular formula is C9H9FN2O4. The van der Waals surface area contributed by atoms with Crippen LogP contribution in [-0.2, 0) is 4.79 Å². The average Bonchev–Trinajstić information content (AvgIpc) is 2.15. The predicted molar refractivity (Wildman–Crippen MR) is 52.2 cm³/mol. The minimum atomic E-state index is -1.16. The van der Waals surface area contributed by atoms with E-state index in [2.05, 4.69) is 0 Å². The number of halogens is 1. The van der Waals surface area contributed by atoms with Gasteiger partial charge in [-0.2, -0.15) is 0 Å². The molecule has 0 saturated carbocycles. The zero-order valence-electron chi connectivity index (χ0n) is 8.09. The van der Waals surface area contributed by atoms with Crippen LogP contribution in [0.25, 0.3) is 0 Å². The summed E-state index contributed by atoms with van der Waals surface area (Å²) in [6.07, 6.45) is -0.436. The Morgan fingerprint density at radius 3 is 2.69 bits per heavy atom. The van der Waals surface area contributed by atoms with E-state index >= 15 is 0 Å².